The monoisotopic (exact) mass is 509 g/mol. The van der Waals surface area contributed by atoms with Crippen molar-refractivity contribution in [1.82, 2.24) is 10.3 Å². The SMILES string of the molecule is NC1(OC=O)CCC(c2ccc3c(c2)CCc2c-3noc2-c2noc(-c3ccccc3)c2C(F)(F)F)C1. The third-order valence-corrected chi connectivity index (χ3v) is 7.31. The van der Waals surface area contributed by atoms with Crippen LogP contribution in [0.1, 0.15) is 47.4 Å². The van der Waals surface area contributed by atoms with E-state index in [0.29, 0.717) is 43.4 Å². The molecule has 2 atom stereocenters. The van der Waals surface area contributed by atoms with Gasteiger partial charge in [0.2, 0.25) is 0 Å². The first-order valence-corrected chi connectivity index (χ1v) is 11.9. The van der Waals surface area contributed by atoms with Crippen molar-refractivity contribution >= 4 is 6.47 Å². The largest absolute Gasteiger partial charge is 0.446 e. The van der Waals surface area contributed by atoms with E-state index in [0.717, 1.165) is 23.1 Å². The van der Waals surface area contributed by atoms with Gasteiger partial charge in [-0.2, -0.15) is 13.2 Å². The molecule has 2 aromatic carbocycles. The predicted molar refractivity (Wildman–Crippen MR) is 126 cm³/mol. The van der Waals surface area contributed by atoms with E-state index >= 15 is 0 Å². The van der Waals surface area contributed by atoms with Gasteiger partial charge in [-0.25, -0.2) is 0 Å². The zero-order chi connectivity index (χ0) is 25.8. The first-order valence-electron chi connectivity index (χ1n) is 11.9. The molecule has 10 heteroatoms. The average molecular weight is 509 g/mol. The maximum atomic E-state index is 14.2. The number of nitrogens with two attached hydrogens (primary N) is 1. The number of halogens is 3. The van der Waals surface area contributed by atoms with Crippen LogP contribution in [0.4, 0.5) is 13.2 Å². The van der Waals surface area contributed by atoms with E-state index in [1.54, 1.807) is 18.2 Å². The molecule has 2 aliphatic carbocycles. The summed E-state index contributed by atoms with van der Waals surface area (Å²) in [5, 5.41) is 7.93. The molecule has 37 heavy (non-hydrogen) atoms. The van der Waals surface area contributed by atoms with E-state index in [1.165, 1.54) is 12.1 Å². The molecule has 0 spiro atoms. The number of ether oxygens (including phenoxy) is 1. The number of hydrogen-bond acceptors (Lipinski definition) is 7. The van der Waals surface area contributed by atoms with Crippen molar-refractivity contribution in [3.05, 3.63) is 70.8 Å². The zero-order valence-corrected chi connectivity index (χ0v) is 19.5. The normalized spacial score (nSPS) is 20.9. The molecule has 0 saturated heterocycles. The van der Waals surface area contributed by atoms with E-state index in [9.17, 15) is 18.0 Å². The maximum absolute atomic E-state index is 14.2. The summed E-state index contributed by atoms with van der Waals surface area (Å²) in [7, 11) is 0. The lowest BCUT2D eigenvalue weighted by Crippen LogP contribution is -2.39. The second-order valence-corrected chi connectivity index (χ2v) is 9.57. The molecular formula is C27H22F3N3O4. The predicted octanol–water partition coefficient (Wildman–Crippen LogP) is 5.88. The molecule has 0 radical (unpaired) electrons. The van der Waals surface area contributed by atoms with Gasteiger partial charge < -0.3 is 13.8 Å². The first kappa shape index (κ1) is 23.5. The number of rotatable bonds is 5. The minimum Gasteiger partial charge on any atom is -0.446 e. The summed E-state index contributed by atoms with van der Waals surface area (Å²) < 4.78 is 58.3. The van der Waals surface area contributed by atoms with Crippen LogP contribution in [-0.2, 0) is 28.5 Å². The van der Waals surface area contributed by atoms with Crippen molar-refractivity contribution in [1.29, 1.82) is 0 Å². The van der Waals surface area contributed by atoms with Crippen LogP contribution in [0, 0.1) is 0 Å². The van der Waals surface area contributed by atoms with Crippen LogP contribution in [-0.4, -0.2) is 22.5 Å². The van der Waals surface area contributed by atoms with Gasteiger partial charge in [0.05, 0.1) is 0 Å². The molecule has 2 aromatic heterocycles. The Morgan fingerprint density at radius 3 is 2.54 bits per heavy atom. The summed E-state index contributed by atoms with van der Waals surface area (Å²) in [6.07, 6.45) is -1.78. The Labute approximate surface area is 209 Å². The Balaban J connectivity index is 1.36. The summed E-state index contributed by atoms with van der Waals surface area (Å²) in [6, 6.07) is 14.0. The quantitative estimate of drug-likeness (QED) is 0.265. The fraction of sp³-hybridized carbons (Fsp3) is 0.296. The molecule has 4 aromatic rings. The Bertz CT molecular complexity index is 1480. The van der Waals surface area contributed by atoms with Gasteiger partial charge in [-0.3, -0.25) is 10.5 Å². The fourth-order valence-electron chi connectivity index (χ4n) is 5.53. The van der Waals surface area contributed by atoms with Crippen LogP contribution in [0.15, 0.2) is 57.6 Å². The summed E-state index contributed by atoms with van der Waals surface area (Å²) >= 11 is 0. The van der Waals surface area contributed by atoms with Gasteiger partial charge in [0.1, 0.15) is 11.3 Å². The number of carbonyl (C=O) groups is 1. The van der Waals surface area contributed by atoms with Crippen LogP contribution in [0.25, 0.3) is 34.0 Å². The third-order valence-electron chi connectivity index (χ3n) is 7.31. The lowest BCUT2D eigenvalue weighted by atomic mass is 9.85. The van der Waals surface area contributed by atoms with Crippen LogP contribution in [0.3, 0.4) is 0 Å². The lowest BCUT2D eigenvalue weighted by molar-refractivity contribution is -0.142. The minimum atomic E-state index is -4.71. The van der Waals surface area contributed by atoms with E-state index in [2.05, 4.69) is 16.4 Å². The van der Waals surface area contributed by atoms with Gasteiger partial charge in [0, 0.05) is 29.5 Å². The first-order chi connectivity index (χ1) is 17.8. The van der Waals surface area contributed by atoms with Crippen molar-refractivity contribution in [2.75, 3.05) is 0 Å². The second-order valence-electron chi connectivity index (χ2n) is 9.57. The molecule has 2 heterocycles. The van der Waals surface area contributed by atoms with Gasteiger partial charge >= 0.3 is 6.18 Å². The molecule has 190 valence electrons. The molecule has 2 aliphatic rings. The second kappa shape index (κ2) is 8.58. The number of nitrogens with zero attached hydrogens (tertiary/aromatic N) is 2. The summed E-state index contributed by atoms with van der Waals surface area (Å²) in [6.45, 7) is 0.390. The molecule has 0 bridgehead atoms. The molecular weight excluding hydrogens is 487 g/mol. The molecule has 6 rings (SSSR count). The van der Waals surface area contributed by atoms with E-state index in [1.807, 2.05) is 12.1 Å². The third kappa shape index (κ3) is 4.01. The van der Waals surface area contributed by atoms with Crippen LogP contribution >= 0.6 is 0 Å². The lowest BCUT2D eigenvalue weighted by Gasteiger charge is -2.22. The van der Waals surface area contributed by atoms with Crippen molar-refractivity contribution in [2.45, 2.75) is 49.9 Å². The van der Waals surface area contributed by atoms with Gasteiger partial charge in [0.25, 0.3) is 6.47 Å². The zero-order valence-electron chi connectivity index (χ0n) is 19.5. The molecule has 1 fully saturated rings. The maximum Gasteiger partial charge on any atom is 0.422 e. The van der Waals surface area contributed by atoms with Crippen LogP contribution < -0.4 is 5.73 Å². The highest BCUT2D eigenvalue weighted by Gasteiger charge is 2.43. The van der Waals surface area contributed by atoms with Crippen molar-refractivity contribution in [3.8, 4) is 34.0 Å². The summed E-state index contributed by atoms with van der Waals surface area (Å²) in [4.78, 5) is 10.8. The molecule has 0 aliphatic heterocycles. The number of aromatic nitrogens is 2. The van der Waals surface area contributed by atoms with Crippen molar-refractivity contribution < 1.29 is 31.7 Å². The fourth-order valence-corrected chi connectivity index (χ4v) is 5.53. The van der Waals surface area contributed by atoms with E-state index < -0.39 is 23.2 Å². The Kier molecular flexibility index (Phi) is 5.45. The highest BCUT2D eigenvalue weighted by atomic mass is 19.4. The molecule has 2 unspecified atom stereocenters. The van der Waals surface area contributed by atoms with Crippen LogP contribution in [0.5, 0.6) is 0 Å². The number of fused-ring (bicyclic) bond motifs is 3. The number of aryl methyl sites for hydroxylation is 1. The molecule has 1 saturated carbocycles. The minimum absolute atomic E-state index is 0.0299. The van der Waals surface area contributed by atoms with Gasteiger partial charge in [0.15, 0.2) is 22.9 Å². The van der Waals surface area contributed by atoms with Crippen molar-refractivity contribution in [2.24, 2.45) is 5.73 Å². The highest BCUT2D eigenvalue weighted by Crippen LogP contribution is 2.47. The smallest absolute Gasteiger partial charge is 0.422 e. The molecule has 0 amide bonds. The molecule has 2 N–H and O–H groups in total. The standard InChI is InChI=1S/C27H22F3N3O4/c28-27(29,30)21-23(33-36-24(21)15-4-2-1-3-5-15)25-20-9-7-17-12-16(6-8-19(17)22(20)32-37-25)18-10-11-26(31,13-18)35-14-34/h1-6,8,12,14,18H,7,9-11,13,31H2. The van der Waals surface area contributed by atoms with E-state index in [-0.39, 0.29) is 23.0 Å². The summed E-state index contributed by atoms with van der Waals surface area (Å²) in [5.41, 5.74) is 8.08. The number of alkyl halides is 3. The number of hydrogen-bond donors (Lipinski definition) is 1. The van der Waals surface area contributed by atoms with Gasteiger partial charge in [-0.05, 0) is 36.3 Å². The van der Waals surface area contributed by atoms with Crippen molar-refractivity contribution in [3.63, 3.8) is 0 Å². The molecule has 7 nitrogen and oxygen atoms in total. The highest BCUT2D eigenvalue weighted by molar-refractivity contribution is 5.79. The van der Waals surface area contributed by atoms with Gasteiger partial charge in [-0.1, -0.05) is 58.8 Å². The van der Waals surface area contributed by atoms with E-state index in [4.69, 9.17) is 19.5 Å². The summed E-state index contributed by atoms with van der Waals surface area (Å²) in [5.74, 6) is -0.247. The average Bonchev–Trinajstić information content (AvgIpc) is 3.60. The van der Waals surface area contributed by atoms with Gasteiger partial charge in [-0.15, -0.1) is 0 Å². The Morgan fingerprint density at radius 1 is 1.03 bits per heavy atom. The number of carbonyl (C=O) groups excluding carboxylic acids is 1. The number of benzene rings is 2. The topological polar surface area (TPSA) is 104 Å². The van der Waals surface area contributed by atoms with Crippen LogP contribution in [0.2, 0.25) is 0 Å². The Morgan fingerprint density at radius 2 is 1.78 bits per heavy atom. The Hall–Kier alpha value is -3.92.